The first kappa shape index (κ1) is 13.2. The fourth-order valence-corrected chi connectivity index (χ4v) is 2.08. The highest BCUT2D eigenvalue weighted by Gasteiger charge is 2.23. The van der Waals surface area contributed by atoms with Crippen LogP contribution in [0.2, 0.25) is 0 Å². The van der Waals surface area contributed by atoms with Crippen LogP contribution in [0.25, 0.3) is 0 Å². The molecule has 0 unspecified atom stereocenters. The maximum absolute atomic E-state index is 10.9. The SMILES string of the molecule is CC(=CC(C)(C)CC(C)(C)C)C(N)=O. The molecule has 82 valence electrons. The number of rotatable bonds is 3. The van der Waals surface area contributed by atoms with Gasteiger partial charge in [-0.3, -0.25) is 4.79 Å². The zero-order valence-electron chi connectivity index (χ0n) is 10.3. The van der Waals surface area contributed by atoms with Crippen LogP contribution in [0.5, 0.6) is 0 Å². The summed E-state index contributed by atoms with van der Waals surface area (Å²) in [5.74, 6) is -0.327. The second-order valence-corrected chi connectivity index (χ2v) is 5.92. The van der Waals surface area contributed by atoms with E-state index in [0.29, 0.717) is 5.57 Å². The molecular weight excluding hydrogens is 174 g/mol. The predicted molar refractivity (Wildman–Crippen MR) is 60.8 cm³/mol. The van der Waals surface area contributed by atoms with Crippen molar-refractivity contribution < 1.29 is 4.79 Å². The van der Waals surface area contributed by atoms with E-state index in [9.17, 15) is 4.79 Å². The quantitative estimate of drug-likeness (QED) is 0.695. The zero-order chi connectivity index (χ0) is 11.6. The molecule has 0 aromatic carbocycles. The van der Waals surface area contributed by atoms with Crippen molar-refractivity contribution in [2.75, 3.05) is 0 Å². The van der Waals surface area contributed by atoms with Gasteiger partial charge in [0, 0.05) is 5.57 Å². The molecule has 0 aromatic heterocycles. The molecule has 2 heteroatoms. The van der Waals surface area contributed by atoms with Gasteiger partial charge in [0.1, 0.15) is 0 Å². The van der Waals surface area contributed by atoms with Crippen molar-refractivity contribution in [1.29, 1.82) is 0 Å². The summed E-state index contributed by atoms with van der Waals surface area (Å²) < 4.78 is 0. The highest BCUT2D eigenvalue weighted by atomic mass is 16.1. The summed E-state index contributed by atoms with van der Waals surface area (Å²) in [6.07, 6.45) is 3.01. The Morgan fingerprint density at radius 1 is 1.21 bits per heavy atom. The largest absolute Gasteiger partial charge is 0.366 e. The van der Waals surface area contributed by atoms with Gasteiger partial charge in [0.25, 0.3) is 0 Å². The van der Waals surface area contributed by atoms with Crippen LogP contribution >= 0.6 is 0 Å². The summed E-state index contributed by atoms with van der Waals surface area (Å²) in [4.78, 5) is 10.9. The van der Waals surface area contributed by atoms with Crippen molar-refractivity contribution in [1.82, 2.24) is 0 Å². The van der Waals surface area contributed by atoms with Gasteiger partial charge < -0.3 is 5.73 Å². The molecule has 0 fully saturated rings. The normalized spacial score (nSPS) is 14.3. The molecule has 14 heavy (non-hydrogen) atoms. The lowest BCUT2D eigenvalue weighted by Crippen LogP contribution is -2.21. The zero-order valence-corrected chi connectivity index (χ0v) is 10.3. The lowest BCUT2D eigenvalue weighted by atomic mass is 9.75. The number of carbonyl (C=O) groups excluding carboxylic acids is 1. The molecule has 0 aliphatic rings. The van der Waals surface area contributed by atoms with Crippen LogP contribution in [0.15, 0.2) is 11.6 Å². The third-order valence-corrected chi connectivity index (χ3v) is 1.98. The molecule has 0 spiro atoms. The van der Waals surface area contributed by atoms with Crippen molar-refractivity contribution >= 4 is 5.91 Å². The molecule has 1 amide bonds. The summed E-state index contributed by atoms with van der Waals surface area (Å²) in [7, 11) is 0. The van der Waals surface area contributed by atoms with Gasteiger partial charge in [0.05, 0.1) is 0 Å². The molecule has 0 bridgehead atoms. The van der Waals surface area contributed by atoms with Gasteiger partial charge in [-0.05, 0) is 24.2 Å². The van der Waals surface area contributed by atoms with Crippen molar-refractivity contribution in [3.63, 3.8) is 0 Å². The van der Waals surface area contributed by atoms with Crippen molar-refractivity contribution in [2.24, 2.45) is 16.6 Å². The molecule has 0 heterocycles. The Bertz CT molecular complexity index is 244. The number of hydrogen-bond acceptors (Lipinski definition) is 1. The smallest absolute Gasteiger partial charge is 0.244 e. The molecule has 0 saturated carbocycles. The summed E-state index contributed by atoms with van der Waals surface area (Å²) in [6.45, 7) is 12.6. The van der Waals surface area contributed by atoms with Gasteiger partial charge in [-0.2, -0.15) is 0 Å². The highest BCUT2D eigenvalue weighted by molar-refractivity contribution is 5.91. The Morgan fingerprint density at radius 2 is 1.64 bits per heavy atom. The van der Waals surface area contributed by atoms with Gasteiger partial charge in [-0.15, -0.1) is 0 Å². The Balaban J connectivity index is 4.64. The van der Waals surface area contributed by atoms with Crippen LogP contribution < -0.4 is 5.73 Å². The summed E-state index contributed by atoms with van der Waals surface area (Å²) in [5.41, 5.74) is 6.14. The number of allylic oxidation sites excluding steroid dienone is 1. The van der Waals surface area contributed by atoms with Crippen molar-refractivity contribution in [3.8, 4) is 0 Å². The van der Waals surface area contributed by atoms with Crippen LogP contribution in [0.3, 0.4) is 0 Å². The first-order valence-electron chi connectivity index (χ1n) is 5.03. The van der Waals surface area contributed by atoms with Gasteiger partial charge >= 0.3 is 0 Å². The van der Waals surface area contributed by atoms with E-state index in [0.717, 1.165) is 6.42 Å². The van der Waals surface area contributed by atoms with E-state index in [-0.39, 0.29) is 16.7 Å². The van der Waals surface area contributed by atoms with Crippen LogP contribution in [-0.2, 0) is 4.79 Å². The van der Waals surface area contributed by atoms with Gasteiger partial charge in [-0.1, -0.05) is 40.7 Å². The van der Waals surface area contributed by atoms with Crippen LogP contribution in [0, 0.1) is 10.8 Å². The fourth-order valence-electron chi connectivity index (χ4n) is 2.08. The van der Waals surface area contributed by atoms with Gasteiger partial charge in [0.15, 0.2) is 0 Å². The molecular formula is C12H23NO. The average molecular weight is 197 g/mol. The number of primary amides is 1. The lowest BCUT2D eigenvalue weighted by Gasteiger charge is -2.30. The Hall–Kier alpha value is -0.790. The van der Waals surface area contributed by atoms with E-state index >= 15 is 0 Å². The molecule has 0 aromatic rings. The van der Waals surface area contributed by atoms with Crippen molar-refractivity contribution in [2.45, 2.75) is 48.0 Å². The second kappa shape index (κ2) is 4.16. The summed E-state index contributed by atoms with van der Waals surface area (Å²) in [6, 6.07) is 0. The van der Waals surface area contributed by atoms with E-state index in [1.165, 1.54) is 0 Å². The maximum Gasteiger partial charge on any atom is 0.244 e. The van der Waals surface area contributed by atoms with E-state index < -0.39 is 0 Å². The molecule has 0 atom stereocenters. The molecule has 0 radical (unpaired) electrons. The lowest BCUT2D eigenvalue weighted by molar-refractivity contribution is -0.114. The van der Waals surface area contributed by atoms with E-state index in [4.69, 9.17) is 5.73 Å². The van der Waals surface area contributed by atoms with Gasteiger partial charge in [-0.25, -0.2) is 0 Å². The molecule has 0 rings (SSSR count). The third-order valence-electron chi connectivity index (χ3n) is 1.98. The number of hydrogen-bond donors (Lipinski definition) is 1. The monoisotopic (exact) mass is 197 g/mol. The van der Waals surface area contributed by atoms with E-state index in [1.807, 2.05) is 6.08 Å². The minimum absolute atomic E-state index is 0.0252. The predicted octanol–water partition coefficient (Wildman–Crippen LogP) is 2.88. The third kappa shape index (κ3) is 5.79. The summed E-state index contributed by atoms with van der Waals surface area (Å²) in [5, 5.41) is 0. The van der Waals surface area contributed by atoms with Crippen LogP contribution in [0.4, 0.5) is 0 Å². The first-order valence-corrected chi connectivity index (χ1v) is 5.03. The minimum Gasteiger partial charge on any atom is -0.366 e. The molecule has 0 aliphatic heterocycles. The molecule has 2 N–H and O–H groups in total. The number of amides is 1. The average Bonchev–Trinajstić information content (AvgIpc) is 1.78. The number of carbonyl (C=O) groups is 1. The van der Waals surface area contributed by atoms with E-state index in [2.05, 4.69) is 34.6 Å². The first-order chi connectivity index (χ1) is 6.03. The highest BCUT2D eigenvalue weighted by Crippen LogP contribution is 2.34. The molecule has 2 nitrogen and oxygen atoms in total. The number of nitrogens with two attached hydrogens (primary N) is 1. The summed E-state index contributed by atoms with van der Waals surface area (Å²) >= 11 is 0. The minimum atomic E-state index is -0.327. The van der Waals surface area contributed by atoms with Gasteiger partial charge in [0.2, 0.25) is 5.91 Å². The fraction of sp³-hybridized carbons (Fsp3) is 0.750. The van der Waals surface area contributed by atoms with Crippen LogP contribution in [-0.4, -0.2) is 5.91 Å². The topological polar surface area (TPSA) is 43.1 Å². The Kier molecular flexibility index (Phi) is 3.92. The van der Waals surface area contributed by atoms with Crippen molar-refractivity contribution in [3.05, 3.63) is 11.6 Å². The molecule has 0 aliphatic carbocycles. The second-order valence-electron chi connectivity index (χ2n) is 5.92. The van der Waals surface area contributed by atoms with Crippen LogP contribution in [0.1, 0.15) is 48.0 Å². The standard InChI is InChI=1S/C12H23NO/c1-9(10(13)14)7-12(5,6)8-11(2,3)4/h7H,8H2,1-6H3,(H2,13,14). The molecule has 0 saturated heterocycles. The Labute approximate surface area is 87.6 Å². The maximum atomic E-state index is 10.9. The Morgan fingerprint density at radius 3 is 1.93 bits per heavy atom. The van der Waals surface area contributed by atoms with E-state index in [1.54, 1.807) is 6.92 Å².